The van der Waals surface area contributed by atoms with Crippen LogP contribution in [0, 0.1) is 6.92 Å². The highest BCUT2D eigenvalue weighted by Crippen LogP contribution is 2.07. The van der Waals surface area contributed by atoms with E-state index in [9.17, 15) is 0 Å². The summed E-state index contributed by atoms with van der Waals surface area (Å²) in [5.74, 6) is 1.97. The fourth-order valence-electron chi connectivity index (χ4n) is 1.46. The van der Waals surface area contributed by atoms with Crippen molar-refractivity contribution in [1.29, 1.82) is 0 Å². The van der Waals surface area contributed by atoms with Crippen molar-refractivity contribution < 1.29 is 4.42 Å². The molecule has 3 heteroatoms. The van der Waals surface area contributed by atoms with Gasteiger partial charge in [-0.05, 0) is 52.3 Å². The lowest BCUT2D eigenvalue weighted by Gasteiger charge is -2.17. The SMILES string of the molecule is Cc1ccc(CNCCCC(C)(C)N)o1. The van der Waals surface area contributed by atoms with E-state index >= 15 is 0 Å². The first-order chi connectivity index (χ1) is 6.97. The summed E-state index contributed by atoms with van der Waals surface area (Å²) in [5, 5.41) is 3.34. The molecule has 0 atom stereocenters. The van der Waals surface area contributed by atoms with Crippen LogP contribution in [0.5, 0.6) is 0 Å². The van der Waals surface area contributed by atoms with Gasteiger partial charge >= 0.3 is 0 Å². The van der Waals surface area contributed by atoms with E-state index < -0.39 is 0 Å². The number of nitrogens with two attached hydrogens (primary N) is 1. The fraction of sp³-hybridized carbons (Fsp3) is 0.667. The smallest absolute Gasteiger partial charge is 0.117 e. The Morgan fingerprint density at radius 1 is 1.40 bits per heavy atom. The highest BCUT2D eigenvalue weighted by molar-refractivity contribution is 5.04. The molecule has 0 bridgehead atoms. The van der Waals surface area contributed by atoms with Crippen molar-refractivity contribution >= 4 is 0 Å². The summed E-state index contributed by atoms with van der Waals surface area (Å²) in [5.41, 5.74) is 5.83. The lowest BCUT2D eigenvalue weighted by molar-refractivity contribution is 0.431. The molecule has 0 amide bonds. The second kappa shape index (κ2) is 5.33. The largest absolute Gasteiger partial charge is 0.465 e. The first-order valence-corrected chi connectivity index (χ1v) is 5.52. The Morgan fingerprint density at radius 2 is 2.13 bits per heavy atom. The molecule has 86 valence electrons. The molecule has 0 saturated carbocycles. The third-order valence-corrected chi connectivity index (χ3v) is 2.27. The van der Waals surface area contributed by atoms with Crippen LogP contribution in [0.2, 0.25) is 0 Å². The molecule has 0 fully saturated rings. The van der Waals surface area contributed by atoms with E-state index in [0.717, 1.165) is 37.5 Å². The Kier molecular flexibility index (Phi) is 4.36. The van der Waals surface area contributed by atoms with Gasteiger partial charge in [0.15, 0.2) is 0 Å². The van der Waals surface area contributed by atoms with Crippen molar-refractivity contribution in [3.05, 3.63) is 23.7 Å². The van der Waals surface area contributed by atoms with Gasteiger partial charge in [-0.1, -0.05) is 0 Å². The van der Waals surface area contributed by atoms with Crippen molar-refractivity contribution in [3.8, 4) is 0 Å². The van der Waals surface area contributed by atoms with Crippen LogP contribution in [0.1, 0.15) is 38.2 Å². The van der Waals surface area contributed by atoms with Crippen LogP contribution in [0.4, 0.5) is 0 Å². The van der Waals surface area contributed by atoms with Crippen LogP contribution < -0.4 is 11.1 Å². The summed E-state index contributed by atoms with van der Waals surface area (Å²) in [6, 6.07) is 4.00. The molecule has 0 aliphatic carbocycles. The van der Waals surface area contributed by atoms with Crippen LogP contribution in [0.3, 0.4) is 0 Å². The van der Waals surface area contributed by atoms with E-state index in [1.54, 1.807) is 0 Å². The van der Waals surface area contributed by atoms with Gasteiger partial charge < -0.3 is 15.5 Å². The average molecular weight is 210 g/mol. The van der Waals surface area contributed by atoms with Crippen molar-refractivity contribution in [2.24, 2.45) is 5.73 Å². The molecule has 0 aliphatic rings. The lowest BCUT2D eigenvalue weighted by atomic mass is 10.0. The van der Waals surface area contributed by atoms with E-state index in [1.165, 1.54) is 0 Å². The molecule has 0 radical (unpaired) electrons. The standard InChI is InChI=1S/C12H22N2O/c1-10-5-6-11(15-10)9-14-8-4-7-12(2,3)13/h5-6,14H,4,7-9,13H2,1-3H3. The Labute approximate surface area is 92.0 Å². The first-order valence-electron chi connectivity index (χ1n) is 5.52. The molecule has 3 N–H and O–H groups in total. The third kappa shape index (κ3) is 5.60. The number of aryl methyl sites for hydroxylation is 1. The number of hydrogen-bond donors (Lipinski definition) is 2. The Balaban J connectivity index is 2.07. The van der Waals surface area contributed by atoms with Gasteiger partial charge in [-0.2, -0.15) is 0 Å². The van der Waals surface area contributed by atoms with Crippen molar-refractivity contribution in [2.75, 3.05) is 6.54 Å². The monoisotopic (exact) mass is 210 g/mol. The van der Waals surface area contributed by atoms with Gasteiger partial charge in [-0.3, -0.25) is 0 Å². The van der Waals surface area contributed by atoms with Gasteiger partial charge in [-0.25, -0.2) is 0 Å². The first kappa shape index (κ1) is 12.3. The van der Waals surface area contributed by atoms with E-state index in [4.69, 9.17) is 10.2 Å². The number of furan rings is 1. The zero-order valence-electron chi connectivity index (χ0n) is 9.97. The maximum absolute atomic E-state index is 5.89. The molecule has 1 heterocycles. The average Bonchev–Trinajstić information content (AvgIpc) is 2.49. The van der Waals surface area contributed by atoms with Crippen molar-refractivity contribution in [1.82, 2.24) is 5.32 Å². The Hall–Kier alpha value is -0.800. The molecule has 0 unspecified atom stereocenters. The summed E-state index contributed by atoms with van der Waals surface area (Å²) in [7, 11) is 0. The van der Waals surface area contributed by atoms with Gasteiger partial charge in [0.25, 0.3) is 0 Å². The second-order valence-electron chi connectivity index (χ2n) is 4.78. The number of rotatable bonds is 6. The minimum atomic E-state index is -0.0526. The Bertz CT molecular complexity index is 286. The van der Waals surface area contributed by atoms with E-state index in [0.29, 0.717) is 0 Å². The Morgan fingerprint density at radius 3 is 2.67 bits per heavy atom. The predicted octanol–water partition coefficient (Wildman–Crippen LogP) is 2.20. The predicted molar refractivity (Wildman–Crippen MR) is 62.7 cm³/mol. The van der Waals surface area contributed by atoms with E-state index in [1.807, 2.05) is 19.1 Å². The second-order valence-corrected chi connectivity index (χ2v) is 4.78. The van der Waals surface area contributed by atoms with Gasteiger partial charge in [0, 0.05) is 5.54 Å². The number of nitrogens with one attached hydrogen (secondary N) is 1. The summed E-state index contributed by atoms with van der Waals surface area (Å²) < 4.78 is 5.44. The maximum Gasteiger partial charge on any atom is 0.117 e. The molecule has 0 aromatic carbocycles. The van der Waals surface area contributed by atoms with E-state index in [-0.39, 0.29) is 5.54 Å². The highest BCUT2D eigenvalue weighted by atomic mass is 16.3. The minimum Gasteiger partial charge on any atom is -0.465 e. The van der Waals surface area contributed by atoms with Gasteiger partial charge in [-0.15, -0.1) is 0 Å². The summed E-state index contributed by atoms with van der Waals surface area (Å²) in [6.07, 6.45) is 2.14. The molecule has 0 saturated heterocycles. The molecule has 0 aliphatic heterocycles. The highest BCUT2D eigenvalue weighted by Gasteiger charge is 2.08. The van der Waals surface area contributed by atoms with Crippen LogP contribution in [-0.2, 0) is 6.54 Å². The molecule has 1 aromatic heterocycles. The molecular formula is C12H22N2O. The van der Waals surface area contributed by atoms with Gasteiger partial charge in [0.1, 0.15) is 11.5 Å². The summed E-state index contributed by atoms with van der Waals surface area (Å²) in [4.78, 5) is 0. The zero-order chi connectivity index (χ0) is 11.3. The molecule has 15 heavy (non-hydrogen) atoms. The van der Waals surface area contributed by atoms with Crippen LogP contribution in [-0.4, -0.2) is 12.1 Å². The van der Waals surface area contributed by atoms with Crippen LogP contribution in [0.25, 0.3) is 0 Å². The minimum absolute atomic E-state index is 0.0526. The molecule has 3 nitrogen and oxygen atoms in total. The fourth-order valence-corrected chi connectivity index (χ4v) is 1.46. The van der Waals surface area contributed by atoms with Crippen molar-refractivity contribution in [2.45, 2.75) is 45.7 Å². The van der Waals surface area contributed by atoms with E-state index in [2.05, 4.69) is 19.2 Å². The summed E-state index contributed by atoms with van der Waals surface area (Å²) >= 11 is 0. The molecule has 1 rings (SSSR count). The van der Waals surface area contributed by atoms with Crippen LogP contribution >= 0.6 is 0 Å². The molecule has 0 spiro atoms. The summed E-state index contributed by atoms with van der Waals surface area (Å²) in [6.45, 7) is 7.87. The van der Waals surface area contributed by atoms with Gasteiger partial charge in [0.2, 0.25) is 0 Å². The van der Waals surface area contributed by atoms with Gasteiger partial charge in [0.05, 0.1) is 6.54 Å². The zero-order valence-corrected chi connectivity index (χ0v) is 9.97. The number of hydrogen-bond acceptors (Lipinski definition) is 3. The van der Waals surface area contributed by atoms with Crippen LogP contribution in [0.15, 0.2) is 16.5 Å². The lowest BCUT2D eigenvalue weighted by Crippen LogP contribution is -2.32. The maximum atomic E-state index is 5.89. The topological polar surface area (TPSA) is 51.2 Å². The molecule has 1 aromatic rings. The molecular weight excluding hydrogens is 188 g/mol. The quantitative estimate of drug-likeness (QED) is 0.708. The normalized spacial score (nSPS) is 12.0. The third-order valence-electron chi connectivity index (χ3n) is 2.27. The van der Waals surface area contributed by atoms with Crippen molar-refractivity contribution in [3.63, 3.8) is 0 Å².